The summed E-state index contributed by atoms with van der Waals surface area (Å²) in [6, 6.07) is 0. The highest BCUT2D eigenvalue weighted by atomic mass is 19.3. The molecule has 0 aliphatic heterocycles. The Hall–Kier alpha value is -13.2. The SMILES string of the molecule is C=C(C)CCOC(=O)C(=O)OC.C=C(C)CCOC(=O)C(=O)OCC.C=C(CCOC(=O)C(=O)OC)C(F)F.C=C(CCOC(=O)C(=O)OCC)C(F)F.C=C(F)C(=C)COC(=O)C(=O)OC.C=C(F)C(=C)COC(=O)C(=O)OCC.CC=CCCOC(=O)C(=O)OC.CC=CCCOC(=O)C(=O)OCC.CCOC(=O)C(=O)OCCC=CC(F)F.F.F.F.F. The first-order chi connectivity index (χ1) is 56.6. The van der Waals surface area contributed by atoms with Gasteiger partial charge in [0, 0.05) is 36.8 Å². The van der Waals surface area contributed by atoms with Crippen molar-refractivity contribution in [1.29, 1.82) is 0 Å². The van der Waals surface area contributed by atoms with Crippen molar-refractivity contribution in [3.63, 3.8) is 0 Å². The Morgan fingerprint density at radius 2 is 0.464 bits per heavy atom. The van der Waals surface area contributed by atoms with Gasteiger partial charge in [0.25, 0.3) is 19.3 Å². The summed E-state index contributed by atoms with van der Waals surface area (Å²) < 4.78 is 173. The van der Waals surface area contributed by atoms with E-state index in [1.165, 1.54) is 13.0 Å². The third-order valence-electron chi connectivity index (χ3n) is 10.9. The minimum Gasteiger partial charge on any atom is -0.461 e. The second-order valence-electron chi connectivity index (χ2n) is 20.8. The molecule has 0 fully saturated rings. The first-order valence-electron chi connectivity index (χ1n) is 34.7. The Morgan fingerprint density at radius 3 is 0.648 bits per heavy atom. The lowest BCUT2D eigenvalue weighted by atomic mass is 10.2. The van der Waals surface area contributed by atoms with Crippen LogP contribution in [0.2, 0.25) is 0 Å². The largest absolute Gasteiger partial charge is 0.461 e. The smallest absolute Gasteiger partial charge is 0.417 e. The molecule has 0 aromatic heterocycles. The number of ether oxygens (including phenoxy) is 18. The summed E-state index contributed by atoms with van der Waals surface area (Å²) in [6.07, 6.45) is 3.52. The number of carbonyl (C=O) groups excluding carboxylic acids is 18. The number of hydrogen-bond donors (Lipinski definition) is 0. The second-order valence-corrected chi connectivity index (χ2v) is 20.8. The van der Waals surface area contributed by atoms with E-state index >= 15 is 0 Å². The summed E-state index contributed by atoms with van der Waals surface area (Å²) in [7, 11) is 4.31. The first kappa shape index (κ1) is 141. The van der Waals surface area contributed by atoms with Crippen LogP contribution in [0.4, 0.5) is 53.9 Å². The van der Waals surface area contributed by atoms with Crippen LogP contribution in [0.5, 0.6) is 0 Å². The lowest BCUT2D eigenvalue weighted by Crippen LogP contribution is -2.21. The van der Waals surface area contributed by atoms with Crippen LogP contribution in [0, 0.1) is 0 Å². The van der Waals surface area contributed by atoms with E-state index in [1.54, 1.807) is 27.7 Å². The van der Waals surface area contributed by atoms with Crippen LogP contribution in [-0.4, -0.2) is 248 Å². The van der Waals surface area contributed by atoms with Crippen LogP contribution >= 0.6 is 0 Å². The molecular weight excluding hydrogens is 1730 g/mol. The summed E-state index contributed by atoms with van der Waals surface area (Å²) in [5.74, 6) is -20.6. The topological polar surface area (TPSA) is 473 Å². The molecule has 48 heteroatoms. The highest BCUT2D eigenvalue weighted by Crippen LogP contribution is 2.12. The zero-order chi connectivity index (χ0) is 95.6. The quantitative estimate of drug-likeness (QED) is 0.0108. The molecular formula is C77H110F12O36. The van der Waals surface area contributed by atoms with Gasteiger partial charge in [-0.05, 0) is 98.8 Å². The molecule has 718 valence electrons. The molecule has 0 aliphatic rings. The van der Waals surface area contributed by atoms with Gasteiger partial charge in [-0.15, -0.1) is 13.2 Å². The van der Waals surface area contributed by atoms with Crippen molar-refractivity contribution in [2.45, 2.75) is 127 Å². The van der Waals surface area contributed by atoms with E-state index in [4.69, 9.17) is 0 Å². The van der Waals surface area contributed by atoms with Crippen molar-refractivity contribution in [3.05, 3.63) is 134 Å². The van der Waals surface area contributed by atoms with Crippen LogP contribution in [0.25, 0.3) is 0 Å². The predicted molar refractivity (Wildman–Crippen MR) is 416 cm³/mol. The Kier molecular flexibility index (Phi) is 106. The van der Waals surface area contributed by atoms with Gasteiger partial charge in [0.1, 0.15) is 24.9 Å². The zero-order valence-corrected chi connectivity index (χ0v) is 71.1. The average molecular weight is 1840 g/mol. The van der Waals surface area contributed by atoms with Gasteiger partial charge in [-0.2, -0.15) is 0 Å². The molecule has 0 spiro atoms. The molecule has 0 amide bonds. The van der Waals surface area contributed by atoms with Crippen LogP contribution in [0.1, 0.15) is 107 Å². The van der Waals surface area contributed by atoms with E-state index in [0.29, 0.717) is 31.8 Å². The van der Waals surface area contributed by atoms with Gasteiger partial charge in [-0.25, -0.2) is 121 Å². The lowest BCUT2D eigenvalue weighted by Gasteiger charge is -2.05. The molecule has 36 nitrogen and oxygen atoms in total. The van der Waals surface area contributed by atoms with Crippen molar-refractivity contribution >= 4 is 107 Å². The number of esters is 18. The summed E-state index contributed by atoms with van der Waals surface area (Å²) >= 11 is 0. The molecule has 0 aliphatic carbocycles. The summed E-state index contributed by atoms with van der Waals surface area (Å²) in [5, 5.41) is 0. The number of methoxy groups -OCH3 is 4. The maximum absolute atomic E-state index is 12.3. The van der Waals surface area contributed by atoms with E-state index in [-0.39, 0.29) is 140 Å². The van der Waals surface area contributed by atoms with Crippen molar-refractivity contribution in [2.24, 2.45) is 0 Å². The minimum atomic E-state index is -2.65. The molecule has 0 N–H and O–H groups in total. The first-order valence-corrected chi connectivity index (χ1v) is 34.7. The zero-order valence-electron chi connectivity index (χ0n) is 71.1. The molecule has 0 saturated carbocycles. The third kappa shape index (κ3) is 97.8. The van der Waals surface area contributed by atoms with E-state index in [9.17, 15) is 121 Å². The minimum absolute atomic E-state index is 0. The van der Waals surface area contributed by atoms with Crippen LogP contribution < -0.4 is 0 Å². The maximum Gasteiger partial charge on any atom is 0.417 e. The molecule has 0 unspecified atom stereocenters. The van der Waals surface area contributed by atoms with Gasteiger partial charge in [-0.1, -0.05) is 81.0 Å². The Morgan fingerprint density at radius 1 is 0.280 bits per heavy atom. The molecule has 0 atom stereocenters. The Balaban J connectivity index is -0.000000102. The fraction of sp³-hybridized carbons (Fsp3) is 0.481. The van der Waals surface area contributed by atoms with Gasteiger partial charge in [0.2, 0.25) is 0 Å². The van der Waals surface area contributed by atoms with Gasteiger partial charge in [0.05, 0.1) is 108 Å². The highest BCUT2D eigenvalue weighted by Gasteiger charge is 2.23. The molecule has 0 aromatic rings. The standard InChI is InChI=1S/2C9H12F2O4.C9H11FO4.2C9H14O4.C8H10F2O4.C8H9FO4.2C8H12O4.4FH/c1-3-14-8(12)9(13)15-5-4-6(2)7(10)11;1-2-14-8(12)9(13)15-6-4-3-5-7(10)11;1-4-13-8(11)9(12)14-5-6(2)7(3)10;1-4-12-8(10)9(11)13-6-5-7(2)3;1-3-5-6-7-13-9(11)8(10)12-4-2;1-5(6(9)10)3-4-14-8(12)7(11)13-2;1-5(6(2)9)4-13-8(11)7(10)12-3;1-6(2)4-5-12-8(10)7(9)11-3;1-3-4-5-6-12-8(10)7(9)11-2;;;;/h7H,2-5H2,1H3;3,5,7H,2,4,6H2,1H3;2-5H2,1H3;2,4-6H2,1,3H3;3,5H,4,6-7H2,1-2H3;6H,1,3-4H2,2H3;1-2,4H2,3H3;1,4-5H2,2-3H3;3-4H,5-6H2,1-2H3;4*1H. The number of hydrogen-bond acceptors (Lipinski definition) is 36. The molecule has 0 bridgehead atoms. The Labute approximate surface area is 712 Å². The number of carbonyl (C=O) groups is 18. The van der Waals surface area contributed by atoms with Crippen molar-refractivity contribution in [2.75, 3.05) is 121 Å². The van der Waals surface area contributed by atoms with E-state index in [1.807, 2.05) is 52.0 Å². The molecule has 0 aromatic carbocycles. The lowest BCUT2D eigenvalue weighted by molar-refractivity contribution is -0.167. The van der Waals surface area contributed by atoms with Crippen molar-refractivity contribution < 1.29 is 226 Å². The van der Waals surface area contributed by atoms with E-state index < -0.39 is 152 Å². The average Bonchev–Trinajstić information content (AvgIpc) is 0.967. The molecule has 0 saturated heterocycles. The third-order valence-corrected chi connectivity index (χ3v) is 10.9. The second kappa shape index (κ2) is 94.6. The summed E-state index contributed by atoms with van der Waals surface area (Å²) in [5.41, 5.74) is 0.915. The number of halogens is 12. The van der Waals surface area contributed by atoms with E-state index in [2.05, 4.69) is 138 Å². The monoisotopic (exact) mass is 1840 g/mol. The van der Waals surface area contributed by atoms with Crippen LogP contribution in [0.15, 0.2) is 134 Å². The summed E-state index contributed by atoms with van der Waals surface area (Å²) in [4.78, 5) is 192. The number of allylic oxidation sites excluding steroid dienone is 3. The van der Waals surface area contributed by atoms with Gasteiger partial charge in [-0.3, -0.25) is 18.8 Å². The van der Waals surface area contributed by atoms with Gasteiger partial charge >= 0.3 is 107 Å². The maximum atomic E-state index is 12.3. The Bertz CT molecular complexity index is 3440. The van der Waals surface area contributed by atoms with Gasteiger partial charge < -0.3 is 85.3 Å². The van der Waals surface area contributed by atoms with E-state index in [0.717, 1.165) is 39.6 Å². The summed E-state index contributed by atoms with van der Waals surface area (Å²) in [6.45, 7) is 40.7. The van der Waals surface area contributed by atoms with Gasteiger partial charge in [0.15, 0.2) is 0 Å². The fourth-order valence-electron chi connectivity index (χ4n) is 4.87. The highest BCUT2D eigenvalue weighted by molar-refractivity contribution is 6.32. The van der Waals surface area contributed by atoms with Crippen molar-refractivity contribution in [1.82, 2.24) is 0 Å². The molecule has 125 heavy (non-hydrogen) atoms. The van der Waals surface area contributed by atoms with Crippen molar-refractivity contribution in [3.8, 4) is 0 Å². The molecule has 0 radical (unpaired) electrons. The normalized spacial score (nSPS) is 9.25. The molecule has 0 heterocycles. The van der Waals surface area contributed by atoms with Crippen LogP contribution in [-0.2, 0) is 172 Å². The van der Waals surface area contributed by atoms with Crippen LogP contribution in [0.3, 0.4) is 0 Å². The number of rotatable bonds is 35. The predicted octanol–water partition coefficient (Wildman–Crippen LogP) is 9.46. The fourth-order valence-corrected chi connectivity index (χ4v) is 4.87. The number of alkyl halides is 6. The molecule has 0 rings (SSSR count).